The van der Waals surface area contributed by atoms with Crippen LogP contribution in [0.3, 0.4) is 0 Å². The zero-order valence-electron chi connectivity index (χ0n) is 16.2. The van der Waals surface area contributed by atoms with Crippen LogP contribution in [-0.4, -0.2) is 48.7 Å². The van der Waals surface area contributed by atoms with Gasteiger partial charge in [0.2, 0.25) is 5.91 Å². The Kier molecular flexibility index (Phi) is 4.67. The zero-order chi connectivity index (χ0) is 19.8. The first kappa shape index (κ1) is 18.1. The molecule has 1 aliphatic heterocycles. The summed E-state index contributed by atoms with van der Waals surface area (Å²) in [5, 5.41) is 10.3. The third kappa shape index (κ3) is 3.25. The maximum atomic E-state index is 12.8. The second-order valence-corrected chi connectivity index (χ2v) is 8.56. The molecule has 1 saturated heterocycles. The molecule has 6 nitrogen and oxygen atoms in total. The smallest absolute Gasteiger partial charge is 0.235 e. The normalized spacial score (nSPS) is 15.3. The van der Waals surface area contributed by atoms with E-state index in [-0.39, 0.29) is 11.2 Å². The third-order valence-corrected chi connectivity index (χ3v) is 6.33. The Morgan fingerprint density at radius 2 is 1.72 bits per heavy atom. The molecule has 0 spiro atoms. The van der Waals surface area contributed by atoms with E-state index in [9.17, 15) is 4.79 Å². The van der Waals surface area contributed by atoms with E-state index < -0.39 is 0 Å². The van der Waals surface area contributed by atoms with Gasteiger partial charge in [-0.2, -0.15) is 0 Å². The molecule has 1 unspecified atom stereocenters. The number of likely N-dealkylation sites (tertiary alicyclic amines) is 1. The maximum absolute atomic E-state index is 12.8. The van der Waals surface area contributed by atoms with Crippen molar-refractivity contribution in [1.29, 1.82) is 0 Å². The quantitative estimate of drug-likeness (QED) is 0.481. The monoisotopic (exact) mass is 403 g/mol. The van der Waals surface area contributed by atoms with Crippen molar-refractivity contribution < 1.29 is 4.79 Å². The van der Waals surface area contributed by atoms with Crippen LogP contribution in [0.1, 0.15) is 19.8 Å². The molecular formula is C22H21N5OS. The number of para-hydroxylation sites is 1. The lowest BCUT2D eigenvalue weighted by molar-refractivity contribution is -0.129. The Morgan fingerprint density at radius 1 is 1.00 bits per heavy atom. The molecular weight excluding hydrogens is 382 g/mol. The van der Waals surface area contributed by atoms with E-state index in [4.69, 9.17) is 4.98 Å². The molecule has 4 aromatic rings. The second kappa shape index (κ2) is 7.48. The number of benzene rings is 2. The molecule has 5 rings (SSSR count). The molecule has 0 radical (unpaired) electrons. The van der Waals surface area contributed by atoms with Crippen LogP contribution in [0.5, 0.6) is 0 Å². The summed E-state index contributed by atoms with van der Waals surface area (Å²) >= 11 is 1.45. The molecule has 1 amide bonds. The number of amides is 1. The predicted molar refractivity (Wildman–Crippen MR) is 115 cm³/mol. The highest BCUT2D eigenvalue weighted by molar-refractivity contribution is 8.00. The molecule has 1 aliphatic rings. The minimum Gasteiger partial charge on any atom is -0.342 e. The van der Waals surface area contributed by atoms with Gasteiger partial charge in [0, 0.05) is 24.0 Å². The summed E-state index contributed by atoms with van der Waals surface area (Å²) in [6.45, 7) is 3.65. The fourth-order valence-corrected chi connectivity index (χ4v) is 4.75. The lowest BCUT2D eigenvalue weighted by Crippen LogP contribution is -2.34. The van der Waals surface area contributed by atoms with Crippen molar-refractivity contribution in [3.8, 4) is 11.4 Å². The molecule has 1 fully saturated rings. The second-order valence-electron chi connectivity index (χ2n) is 7.25. The first-order valence-electron chi connectivity index (χ1n) is 9.87. The van der Waals surface area contributed by atoms with E-state index in [1.807, 2.05) is 70.8 Å². The van der Waals surface area contributed by atoms with Crippen LogP contribution in [0.15, 0.2) is 59.8 Å². The van der Waals surface area contributed by atoms with Gasteiger partial charge < -0.3 is 4.90 Å². The minimum absolute atomic E-state index is 0.166. The van der Waals surface area contributed by atoms with E-state index in [2.05, 4.69) is 10.2 Å². The lowest BCUT2D eigenvalue weighted by atomic mass is 10.2. The summed E-state index contributed by atoms with van der Waals surface area (Å²) in [5.74, 6) is 0.951. The van der Waals surface area contributed by atoms with E-state index in [1.165, 1.54) is 11.8 Å². The fraction of sp³-hybridized carbons (Fsp3) is 0.273. The molecule has 2 aromatic carbocycles. The number of thioether (sulfide) groups is 1. The van der Waals surface area contributed by atoms with Gasteiger partial charge in [0.05, 0.1) is 10.8 Å². The zero-order valence-corrected chi connectivity index (χ0v) is 17.0. The SMILES string of the molecule is CC(Sc1nnc2c3ccccc3nc(-c3ccccc3)n12)C(=O)N1CCCC1. The summed E-state index contributed by atoms with van der Waals surface area (Å²) in [6, 6.07) is 18.0. The number of carbonyl (C=O) groups is 1. The number of hydrogen-bond acceptors (Lipinski definition) is 5. The van der Waals surface area contributed by atoms with Crippen molar-refractivity contribution >= 4 is 34.2 Å². The number of fused-ring (bicyclic) bond motifs is 3. The number of rotatable bonds is 4. The van der Waals surface area contributed by atoms with Crippen molar-refractivity contribution in [3.63, 3.8) is 0 Å². The van der Waals surface area contributed by atoms with Crippen LogP contribution in [0.2, 0.25) is 0 Å². The number of hydrogen-bond donors (Lipinski definition) is 0. The van der Waals surface area contributed by atoms with Gasteiger partial charge in [-0.1, -0.05) is 54.2 Å². The minimum atomic E-state index is -0.226. The lowest BCUT2D eigenvalue weighted by Gasteiger charge is -2.19. The molecule has 1 atom stereocenters. The van der Waals surface area contributed by atoms with Gasteiger partial charge in [-0.25, -0.2) is 4.98 Å². The Morgan fingerprint density at radius 3 is 2.52 bits per heavy atom. The standard InChI is InChI=1S/C22H21N5OS/c1-15(21(28)26-13-7-8-14-26)29-22-25-24-20-17-11-5-6-12-18(17)23-19(27(20)22)16-9-3-2-4-10-16/h2-6,9-12,15H,7-8,13-14H2,1H3. The Bertz CT molecular complexity index is 1180. The number of aromatic nitrogens is 4. The van der Waals surface area contributed by atoms with E-state index in [0.717, 1.165) is 53.9 Å². The van der Waals surface area contributed by atoms with Crippen molar-refractivity contribution in [3.05, 3.63) is 54.6 Å². The van der Waals surface area contributed by atoms with Crippen molar-refractivity contribution in [2.45, 2.75) is 30.2 Å². The van der Waals surface area contributed by atoms with Gasteiger partial charge in [-0.05, 0) is 31.9 Å². The molecule has 0 bridgehead atoms. The highest BCUT2D eigenvalue weighted by Crippen LogP contribution is 2.31. The fourth-order valence-electron chi connectivity index (χ4n) is 3.82. The Hall–Kier alpha value is -2.93. The van der Waals surface area contributed by atoms with Crippen molar-refractivity contribution in [1.82, 2.24) is 24.5 Å². The largest absolute Gasteiger partial charge is 0.342 e. The number of carbonyl (C=O) groups excluding carboxylic acids is 1. The van der Waals surface area contributed by atoms with Gasteiger partial charge in [-0.3, -0.25) is 9.20 Å². The van der Waals surface area contributed by atoms with Crippen LogP contribution in [0.4, 0.5) is 0 Å². The molecule has 146 valence electrons. The van der Waals surface area contributed by atoms with Crippen LogP contribution >= 0.6 is 11.8 Å². The maximum Gasteiger partial charge on any atom is 0.235 e. The summed E-state index contributed by atoms with van der Waals surface area (Å²) in [7, 11) is 0. The summed E-state index contributed by atoms with van der Waals surface area (Å²) in [5.41, 5.74) is 2.63. The van der Waals surface area contributed by atoms with Crippen molar-refractivity contribution in [2.75, 3.05) is 13.1 Å². The first-order valence-corrected chi connectivity index (χ1v) is 10.7. The van der Waals surface area contributed by atoms with Gasteiger partial charge in [0.25, 0.3) is 0 Å². The van der Waals surface area contributed by atoms with E-state index >= 15 is 0 Å². The highest BCUT2D eigenvalue weighted by atomic mass is 32.2. The van der Waals surface area contributed by atoms with Gasteiger partial charge in [0.1, 0.15) is 5.82 Å². The summed E-state index contributed by atoms with van der Waals surface area (Å²) < 4.78 is 1.98. The molecule has 0 aliphatic carbocycles. The third-order valence-electron chi connectivity index (χ3n) is 5.30. The molecule has 2 aromatic heterocycles. The number of nitrogens with zero attached hydrogens (tertiary/aromatic N) is 5. The predicted octanol–water partition coefficient (Wildman–Crippen LogP) is 4.05. The van der Waals surface area contributed by atoms with Crippen LogP contribution in [0.25, 0.3) is 27.9 Å². The van der Waals surface area contributed by atoms with Crippen molar-refractivity contribution in [2.24, 2.45) is 0 Å². The van der Waals surface area contributed by atoms with E-state index in [1.54, 1.807) is 0 Å². The first-order chi connectivity index (χ1) is 14.2. The van der Waals surface area contributed by atoms with Crippen LogP contribution in [-0.2, 0) is 4.79 Å². The van der Waals surface area contributed by atoms with E-state index in [0.29, 0.717) is 5.16 Å². The molecule has 3 heterocycles. The Balaban J connectivity index is 1.63. The van der Waals surface area contributed by atoms with Gasteiger partial charge in [-0.15, -0.1) is 10.2 Å². The summed E-state index contributed by atoms with van der Waals surface area (Å²) in [4.78, 5) is 19.7. The molecule has 7 heteroatoms. The Labute approximate surface area is 173 Å². The highest BCUT2D eigenvalue weighted by Gasteiger charge is 2.26. The van der Waals surface area contributed by atoms with Gasteiger partial charge >= 0.3 is 0 Å². The average Bonchev–Trinajstić information content (AvgIpc) is 3.44. The van der Waals surface area contributed by atoms with Gasteiger partial charge in [0.15, 0.2) is 10.8 Å². The van der Waals surface area contributed by atoms with Crippen LogP contribution in [0, 0.1) is 0 Å². The molecule has 0 N–H and O–H groups in total. The summed E-state index contributed by atoms with van der Waals surface area (Å²) in [6.07, 6.45) is 2.18. The molecule has 29 heavy (non-hydrogen) atoms. The molecule has 0 saturated carbocycles. The topological polar surface area (TPSA) is 63.4 Å². The average molecular weight is 404 g/mol. The van der Waals surface area contributed by atoms with Crippen LogP contribution < -0.4 is 0 Å².